The second-order valence-corrected chi connectivity index (χ2v) is 6.40. The Labute approximate surface area is 120 Å². The molecule has 0 spiro atoms. The Hall–Kier alpha value is -0.650. The van der Waals surface area contributed by atoms with E-state index in [4.69, 9.17) is 9.72 Å². The molecule has 0 aliphatic heterocycles. The summed E-state index contributed by atoms with van der Waals surface area (Å²) in [5.74, 6) is 0. The molecule has 1 aliphatic rings. The molecule has 0 bridgehead atoms. The van der Waals surface area contributed by atoms with E-state index in [0.717, 1.165) is 30.0 Å². The van der Waals surface area contributed by atoms with Gasteiger partial charge < -0.3 is 15.0 Å². The summed E-state index contributed by atoms with van der Waals surface area (Å²) in [6, 6.07) is 1.21. The summed E-state index contributed by atoms with van der Waals surface area (Å²) in [5.41, 5.74) is 1.09. The Morgan fingerprint density at radius 1 is 1.47 bits per heavy atom. The van der Waals surface area contributed by atoms with Crippen molar-refractivity contribution in [2.75, 3.05) is 18.6 Å². The minimum atomic E-state index is 0.482. The van der Waals surface area contributed by atoms with E-state index in [-0.39, 0.29) is 0 Å². The maximum absolute atomic E-state index is 5.28. The Kier molecular flexibility index (Phi) is 5.19. The van der Waals surface area contributed by atoms with Gasteiger partial charge in [0.15, 0.2) is 5.13 Å². The molecule has 0 saturated heterocycles. The van der Waals surface area contributed by atoms with E-state index < -0.39 is 0 Å². The summed E-state index contributed by atoms with van der Waals surface area (Å²) in [5, 5.41) is 4.69. The van der Waals surface area contributed by atoms with Gasteiger partial charge in [-0.2, -0.15) is 0 Å². The fraction of sp³-hybridized carbons (Fsp3) is 0.786. The number of hydrogen-bond donors (Lipinski definition) is 1. The van der Waals surface area contributed by atoms with Crippen LogP contribution in [0.5, 0.6) is 0 Å². The molecule has 0 atom stereocenters. The number of nitrogens with one attached hydrogen (secondary N) is 1. The third-order valence-electron chi connectivity index (χ3n) is 3.39. The van der Waals surface area contributed by atoms with Crippen molar-refractivity contribution in [2.24, 2.45) is 0 Å². The van der Waals surface area contributed by atoms with Crippen molar-refractivity contribution in [1.29, 1.82) is 0 Å². The van der Waals surface area contributed by atoms with Crippen LogP contribution in [0.1, 0.15) is 44.2 Å². The average molecular weight is 283 g/mol. The van der Waals surface area contributed by atoms with Crippen LogP contribution in [0, 0.1) is 0 Å². The minimum absolute atomic E-state index is 0.482. The Morgan fingerprint density at radius 2 is 2.21 bits per heavy atom. The summed E-state index contributed by atoms with van der Waals surface area (Å²) in [4.78, 5) is 8.43. The van der Waals surface area contributed by atoms with Gasteiger partial charge in [0.1, 0.15) is 0 Å². The lowest BCUT2D eigenvalue weighted by Crippen LogP contribution is -2.30. The van der Waals surface area contributed by atoms with Crippen LogP contribution in [0.3, 0.4) is 0 Å². The van der Waals surface area contributed by atoms with Crippen molar-refractivity contribution in [3.63, 3.8) is 0 Å². The molecular formula is C14H25N3OS. The van der Waals surface area contributed by atoms with Crippen LogP contribution >= 0.6 is 11.3 Å². The number of hydrogen-bond acceptors (Lipinski definition) is 5. The SMILES string of the molecule is CCN(c1nc(COC)c(CNC2CC2)s1)C(C)C. The molecule has 4 nitrogen and oxygen atoms in total. The second kappa shape index (κ2) is 6.68. The molecule has 2 rings (SSSR count). The molecule has 5 heteroatoms. The van der Waals surface area contributed by atoms with Crippen LogP contribution in [0.15, 0.2) is 0 Å². The van der Waals surface area contributed by atoms with Gasteiger partial charge in [0, 0.05) is 37.2 Å². The van der Waals surface area contributed by atoms with E-state index in [1.807, 2.05) is 0 Å². The van der Waals surface area contributed by atoms with Gasteiger partial charge >= 0.3 is 0 Å². The molecule has 1 aromatic heterocycles. The molecule has 1 aromatic rings. The van der Waals surface area contributed by atoms with Crippen LogP contribution < -0.4 is 10.2 Å². The fourth-order valence-corrected chi connectivity index (χ4v) is 3.34. The third-order valence-corrected chi connectivity index (χ3v) is 4.52. The van der Waals surface area contributed by atoms with E-state index in [1.54, 1.807) is 18.4 Å². The van der Waals surface area contributed by atoms with Crippen LogP contribution in [0.4, 0.5) is 5.13 Å². The number of aromatic nitrogens is 1. The van der Waals surface area contributed by atoms with Crippen molar-refractivity contribution in [1.82, 2.24) is 10.3 Å². The lowest BCUT2D eigenvalue weighted by molar-refractivity contribution is 0.181. The number of thiazole rings is 1. The van der Waals surface area contributed by atoms with E-state index in [0.29, 0.717) is 12.6 Å². The first-order chi connectivity index (χ1) is 9.15. The molecule has 0 unspecified atom stereocenters. The molecular weight excluding hydrogens is 258 g/mol. The second-order valence-electron chi connectivity index (χ2n) is 5.33. The molecule has 1 fully saturated rings. The Balaban J connectivity index is 2.12. The van der Waals surface area contributed by atoms with Crippen LogP contribution in [0.2, 0.25) is 0 Å². The van der Waals surface area contributed by atoms with E-state index >= 15 is 0 Å². The highest BCUT2D eigenvalue weighted by atomic mass is 32.1. The van der Waals surface area contributed by atoms with Gasteiger partial charge in [0.25, 0.3) is 0 Å². The number of methoxy groups -OCH3 is 1. The first-order valence-corrected chi connectivity index (χ1v) is 7.94. The lowest BCUT2D eigenvalue weighted by Gasteiger charge is -2.24. The summed E-state index contributed by atoms with van der Waals surface area (Å²) in [6.07, 6.45) is 2.64. The third kappa shape index (κ3) is 3.91. The Bertz CT molecular complexity index is 401. The molecule has 1 N–H and O–H groups in total. The van der Waals surface area contributed by atoms with Crippen molar-refractivity contribution < 1.29 is 4.74 Å². The minimum Gasteiger partial charge on any atom is -0.378 e. The van der Waals surface area contributed by atoms with Gasteiger partial charge in [0.2, 0.25) is 0 Å². The standard InChI is InChI=1S/C14H25N3OS/c1-5-17(10(2)3)14-16-12(9-18-4)13(19-14)8-15-11-6-7-11/h10-11,15H,5-9H2,1-4H3. The monoisotopic (exact) mass is 283 g/mol. The smallest absolute Gasteiger partial charge is 0.186 e. The zero-order valence-electron chi connectivity index (χ0n) is 12.4. The molecule has 0 amide bonds. The van der Waals surface area contributed by atoms with E-state index in [2.05, 4.69) is 31.0 Å². The topological polar surface area (TPSA) is 37.4 Å². The maximum atomic E-state index is 5.28. The van der Waals surface area contributed by atoms with E-state index in [9.17, 15) is 0 Å². The predicted molar refractivity (Wildman–Crippen MR) is 80.8 cm³/mol. The first-order valence-electron chi connectivity index (χ1n) is 7.13. The number of rotatable bonds is 8. The van der Waals surface area contributed by atoms with Crippen molar-refractivity contribution in [3.8, 4) is 0 Å². The number of anilines is 1. The largest absolute Gasteiger partial charge is 0.378 e. The molecule has 19 heavy (non-hydrogen) atoms. The zero-order chi connectivity index (χ0) is 13.8. The molecule has 1 aliphatic carbocycles. The first kappa shape index (κ1) is 14.8. The van der Waals surface area contributed by atoms with Gasteiger partial charge in [-0.3, -0.25) is 0 Å². The van der Waals surface area contributed by atoms with Gasteiger partial charge in [-0.15, -0.1) is 11.3 Å². The maximum Gasteiger partial charge on any atom is 0.186 e. The highest BCUT2D eigenvalue weighted by Crippen LogP contribution is 2.29. The summed E-state index contributed by atoms with van der Waals surface area (Å²) < 4.78 is 5.28. The molecule has 1 saturated carbocycles. The number of nitrogens with zero attached hydrogens (tertiary/aromatic N) is 2. The van der Waals surface area contributed by atoms with Crippen molar-refractivity contribution >= 4 is 16.5 Å². The predicted octanol–water partition coefficient (Wildman–Crippen LogP) is 2.78. The van der Waals surface area contributed by atoms with Gasteiger partial charge in [-0.25, -0.2) is 4.98 Å². The Morgan fingerprint density at radius 3 is 2.74 bits per heavy atom. The number of ether oxygens (including phenoxy) is 1. The fourth-order valence-electron chi connectivity index (χ4n) is 2.13. The molecule has 0 aromatic carbocycles. The van der Waals surface area contributed by atoms with E-state index in [1.165, 1.54) is 17.7 Å². The normalized spacial score (nSPS) is 15.2. The quantitative estimate of drug-likeness (QED) is 0.796. The van der Waals surface area contributed by atoms with Crippen molar-refractivity contribution in [2.45, 2.75) is 58.8 Å². The highest BCUT2D eigenvalue weighted by molar-refractivity contribution is 7.15. The van der Waals surface area contributed by atoms with Crippen LogP contribution in [0.25, 0.3) is 0 Å². The van der Waals surface area contributed by atoms with Gasteiger partial charge in [0.05, 0.1) is 12.3 Å². The summed E-state index contributed by atoms with van der Waals surface area (Å²) in [6.45, 7) is 9.13. The van der Waals surface area contributed by atoms with Gasteiger partial charge in [-0.1, -0.05) is 0 Å². The average Bonchev–Trinajstić information content (AvgIpc) is 3.11. The summed E-state index contributed by atoms with van der Waals surface area (Å²) in [7, 11) is 1.73. The molecule has 0 radical (unpaired) electrons. The van der Waals surface area contributed by atoms with Crippen LogP contribution in [-0.2, 0) is 17.9 Å². The zero-order valence-corrected chi connectivity index (χ0v) is 13.2. The molecule has 1 heterocycles. The van der Waals surface area contributed by atoms with Gasteiger partial charge in [-0.05, 0) is 33.6 Å². The molecule has 108 valence electrons. The van der Waals surface area contributed by atoms with Crippen molar-refractivity contribution in [3.05, 3.63) is 10.6 Å². The summed E-state index contributed by atoms with van der Waals surface area (Å²) >= 11 is 1.80. The van der Waals surface area contributed by atoms with Crippen LogP contribution in [-0.4, -0.2) is 30.7 Å². The highest BCUT2D eigenvalue weighted by Gasteiger charge is 2.22. The lowest BCUT2D eigenvalue weighted by atomic mass is 10.3.